The molecule has 0 bridgehead atoms. The van der Waals surface area contributed by atoms with Crippen LogP contribution in [0.2, 0.25) is 0 Å². The zero-order valence-corrected chi connectivity index (χ0v) is 5.41. The fraction of sp³-hybridized carbons (Fsp3) is 0.833. The zero-order chi connectivity index (χ0) is 6.91. The van der Waals surface area contributed by atoms with Crippen molar-refractivity contribution in [2.45, 2.75) is 19.0 Å². The molecule has 3 heteroatoms. The van der Waals surface area contributed by atoms with Gasteiger partial charge >= 0.3 is 0 Å². The first-order valence-electron chi connectivity index (χ1n) is 3.06. The lowest BCUT2D eigenvalue weighted by Gasteiger charge is -2.23. The predicted molar refractivity (Wildman–Crippen MR) is 32.0 cm³/mol. The van der Waals surface area contributed by atoms with Crippen LogP contribution in [0.4, 0.5) is 4.39 Å². The van der Waals surface area contributed by atoms with Gasteiger partial charge in [0.15, 0.2) is 11.5 Å². The number of hydrogen-bond acceptors (Lipinski definition) is 2. The van der Waals surface area contributed by atoms with E-state index >= 15 is 0 Å². The molecule has 1 N–H and O–H groups in total. The zero-order valence-electron chi connectivity index (χ0n) is 5.41. The van der Waals surface area contributed by atoms with Gasteiger partial charge in [0.05, 0.1) is 0 Å². The van der Waals surface area contributed by atoms with Crippen molar-refractivity contribution >= 4 is 5.78 Å². The first-order chi connectivity index (χ1) is 4.13. The van der Waals surface area contributed by atoms with Crippen molar-refractivity contribution in [1.29, 1.82) is 0 Å². The maximum Gasteiger partial charge on any atom is 0.178 e. The van der Waals surface area contributed by atoms with E-state index in [1.807, 2.05) is 0 Å². The van der Waals surface area contributed by atoms with Crippen molar-refractivity contribution in [3.63, 3.8) is 0 Å². The third-order valence-corrected chi connectivity index (χ3v) is 1.57. The maximum absolute atomic E-state index is 12.9. The monoisotopic (exact) mass is 131 g/mol. The second kappa shape index (κ2) is 2.06. The standard InChI is InChI=1S/C6H10FNO/c1-6(7)4-8-3-2-5(6)9/h8H,2-4H2,1H3. The third kappa shape index (κ3) is 1.27. The quantitative estimate of drug-likeness (QED) is 0.511. The van der Waals surface area contributed by atoms with E-state index in [-0.39, 0.29) is 12.3 Å². The average Bonchev–Trinajstić information content (AvgIpc) is 1.77. The smallest absolute Gasteiger partial charge is 0.178 e. The Hall–Kier alpha value is -0.440. The number of hydrogen-bond donors (Lipinski definition) is 1. The number of Topliss-reactive ketones (excluding diaryl/α,β-unsaturated/α-hetero) is 1. The van der Waals surface area contributed by atoms with E-state index < -0.39 is 5.67 Å². The SMILES string of the molecule is CC1(F)CNCCC1=O. The van der Waals surface area contributed by atoms with Crippen LogP contribution in [0, 0.1) is 0 Å². The van der Waals surface area contributed by atoms with Crippen LogP contribution in [0.25, 0.3) is 0 Å². The Kier molecular flexibility index (Phi) is 1.53. The molecule has 2 nitrogen and oxygen atoms in total. The normalized spacial score (nSPS) is 36.9. The van der Waals surface area contributed by atoms with Crippen LogP contribution in [0.15, 0.2) is 0 Å². The molecule has 1 heterocycles. The highest BCUT2D eigenvalue weighted by Gasteiger charge is 2.34. The number of ketones is 1. The van der Waals surface area contributed by atoms with Gasteiger partial charge in [-0.2, -0.15) is 0 Å². The van der Waals surface area contributed by atoms with Crippen LogP contribution in [0.5, 0.6) is 0 Å². The first kappa shape index (κ1) is 6.68. The van der Waals surface area contributed by atoms with Crippen molar-refractivity contribution in [3.8, 4) is 0 Å². The summed E-state index contributed by atoms with van der Waals surface area (Å²) in [5.41, 5.74) is -1.61. The molecular weight excluding hydrogens is 121 g/mol. The van der Waals surface area contributed by atoms with Gasteiger partial charge in [-0.05, 0) is 6.92 Å². The molecule has 52 valence electrons. The Morgan fingerprint density at radius 3 is 2.78 bits per heavy atom. The fourth-order valence-corrected chi connectivity index (χ4v) is 0.884. The summed E-state index contributed by atoms with van der Waals surface area (Å²) in [6.07, 6.45) is 0.326. The van der Waals surface area contributed by atoms with Gasteiger partial charge < -0.3 is 5.32 Å². The van der Waals surface area contributed by atoms with Crippen LogP contribution in [-0.4, -0.2) is 24.5 Å². The Balaban J connectivity index is 2.60. The minimum atomic E-state index is -1.61. The van der Waals surface area contributed by atoms with E-state index in [9.17, 15) is 9.18 Å². The lowest BCUT2D eigenvalue weighted by atomic mass is 9.97. The Bertz CT molecular complexity index is 133. The van der Waals surface area contributed by atoms with Gasteiger partial charge in [-0.25, -0.2) is 4.39 Å². The van der Waals surface area contributed by atoms with Crippen molar-refractivity contribution in [2.75, 3.05) is 13.1 Å². The number of halogens is 1. The van der Waals surface area contributed by atoms with E-state index in [0.717, 1.165) is 0 Å². The molecule has 1 unspecified atom stereocenters. The van der Waals surface area contributed by atoms with E-state index in [1.54, 1.807) is 0 Å². The molecule has 0 saturated carbocycles. The van der Waals surface area contributed by atoms with Crippen LogP contribution in [0.1, 0.15) is 13.3 Å². The molecule has 1 aliphatic rings. The van der Waals surface area contributed by atoms with Gasteiger partial charge in [-0.15, -0.1) is 0 Å². The van der Waals surface area contributed by atoms with Crippen LogP contribution in [-0.2, 0) is 4.79 Å². The minimum Gasteiger partial charge on any atom is -0.313 e. The van der Waals surface area contributed by atoms with Crippen LogP contribution < -0.4 is 5.32 Å². The highest BCUT2D eigenvalue weighted by atomic mass is 19.1. The predicted octanol–water partition coefficient (Wildman–Crippen LogP) is 0.277. The third-order valence-electron chi connectivity index (χ3n) is 1.57. The van der Waals surface area contributed by atoms with E-state index in [2.05, 4.69) is 5.32 Å². The summed E-state index contributed by atoms with van der Waals surface area (Å²) in [7, 11) is 0. The summed E-state index contributed by atoms with van der Waals surface area (Å²) >= 11 is 0. The highest BCUT2D eigenvalue weighted by Crippen LogP contribution is 2.14. The first-order valence-corrected chi connectivity index (χ1v) is 3.06. The number of alkyl halides is 1. The molecular formula is C6H10FNO. The molecule has 0 amide bonds. The largest absolute Gasteiger partial charge is 0.313 e. The van der Waals surface area contributed by atoms with E-state index in [4.69, 9.17) is 0 Å². The molecule has 1 fully saturated rings. The number of carbonyl (C=O) groups is 1. The van der Waals surface area contributed by atoms with Gasteiger partial charge in [0.25, 0.3) is 0 Å². The van der Waals surface area contributed by atoms with Crippen molar-refractivity contribution < 1.29 is 9.18 Å². The minimum absolute atomic E-state index is 0.172. The molecule has 1 aliphatic heterocycles. The summed E-state index contributed by atoms with van der Waals surface area (Å²) in [5, 5.41) is 2.81. The lowest BCUT2D eigenvalue weighted by molar-refractivity contribution is -0.130. The molecule has 9 heavy (non-hydrogen) atoms. The molecule has 0 aromatic carbocycles. The maximum atomic E-state index is 12.9. The van der Waals surface area contributed by atoms with E-state index in [0.29, 0.717) is 13.0 Å². The van der Waals surface area contributed by atoms with Crippen LogP contribution in [0.3, 0.4) is 0 Å². The summed E-state index contributed by atoms with van der Waals surface area (Å²) in [6.45, 7) is 2.12. The molecule has 1 rings (SSSR count). The summed E-state index contributed by atoms with van der Waals surface area (Å²) in [5.74, 6) is -0.277. The average molecular weight is 131 g/mol. The lowest BCUT2D eigenvalue weighted by Crippen LogP contribution is -2.47. The van der Waals surface area contributed by atoms with Gasteiger partial charge in [-0.1, -0.05) is 0 Å². The summed E-state index contributed by atoms with van der Waals surface area (Å²) in [6, 6.07) is 0. The Morgan fingerprint density at radius 2 is 2.44 bits per heavy atom. The molecule has 1 atom stereocenters. The number of piperidine rings is 1. The Labute approximate surface area is 53.4 Å². The van der Waals surface area contributed by atoms with Crippen molar-refractivity contribution in [3.05, 3.63) is 0 Å². The topological polar surface area (TPSA) is 29.1 Å². The number of rotatable bonds is 0. The second-order valence-corrected chi connectivity index (χ2v) is 2.55. The van der Waals surface area contributed by atoms with E-state index in [1.165, 1.54) is 6.92 Å². The number of carbonyl (C=O) groups excluding carboxylic acids is 1. The van der Waals surface area contributed by atoms with Crippen molar-refractivity contribution in [2.24, 2.45) is 0 Å². The molecule has 1 saturated heterocycles. The van der Waals surface area contributed by atoms with Crippen LogP contribution >= 0.6 is 0 Å². The summed E-state index contributed by atoms with van der Waals surface area (Å²) < 4.78 is 12.9. The van der Waals surface area contributed by atoms with Gasteiger partial charge in [0.1, 0.15) is 0 Å². The second-order valence-electron chi connectivity index (χ2n) is 2.55. The molecule has 0 radical (unpaired) electrons. The van der Waals surface area contributed by atoms with Crippen molar-refractivity contribution in [1.82, 2.24) is 5.32 Å². The summed E-state index contributed by atoms with van der Waals surface area (Å²) in [4.78, 5) is 10.7. The number of nitrogens with one attached hydrogen (secondary N) is 1. The molecule has 0 aromatic heterocycles. The Morgan fingerprint density at radius 1 is 1.78 bits per heavy atom. The molecule has 0 aliphatic carbocycles. The fourth-order valence-electron chi connectivity index (χ4n) is 0.884. The highest BCUT2D eigenvalue weighted by molar-refractivity contribution is 5.87. The van der Waals surface area contributed by atoms with Gasteiger partial charge in [-0.3, -0.25) is 4.79 Å². The van der Waals surface area contributed by atoms with Gasteiger partial charge in [0.2, 0.25) is 0 Å². The van der Waals surface area contributed by atoms with Gasteiger partial charge in [0, 0.05) is 19.5 Å². The molecule has 0 spiro atoms. The molecule has 0 aromatic rings.